The predicted molar refractivity (Wildman–Crippen MR) is 81.9 cm³/mol. The summed E-state index contributed by atoms with van der Waals surface area (Å²) in [5.74, 6) is 0.135. The largest absolute Gasteiger partial charge is 0.370 e. The lowest BCUT2D eigenvalue weighted by atomic mass is 10.3. The fourth-order valence-corrected chi connectivity index (χ4v) is 1.76. The van der Waals surface area contributed by atoms with Gasteiger partial charge in [0.05, 0.1) is 11.4 Å². The number of nitrogens with two attached hydrogens (primary N) is 1. The van der Waals surface area contributed by atoms with Crippen molar-refractivity contribution in [2.45, 2.75) is 6.42 Å². The number of hydrogen-bond acceptors (Lipinski definition) is 2. The smallest absolute Gasteiger partial charge is 0.188 e. The van der Waals surface area contributed by atoms with Gasteiger partial charge in [-0.25, -0.2) is 9.07 Å². The third-order valence-corrected chi connectivity index (χ3v) is 2.81. The zero-order chi connectivity index (χ0) is 15.1. The van der Waals surface area contributed by atoms with Crippen molar-refractivity contribution >= 4 is 5.96 Å². The molecule has 1 heterocycles. The molecule has 0 bridgehead atoms. The molecule has 0 atom stereocenters. The van der Waals surface area contributed by atoms with Crippen LogP contribution in [0, 0.1) is 5.82 Å². The second-order valence-corrected chi connectivity index (χ2v) is 4.41. The van der Waals surface area contributed by atoms with Gasteiger partial charge in [-0.3, -0.25) is 4.99 Å². The standard InChI is InChI=1S/C15H18FN5/c1-2-9-18-15(17)19-10-7-13-8-11-21(20-13)14-5-3-12(16)4-6-14/h2-6,8,11H,1,7,9-10H2,(H3,17,18,19). The van der Waals surface area contributed by atoms with Gasteiger partial charge in [-0.1, -0.05) is 6.08 Å². The van der Waals surface area contributed by atoms with E-state index in [9.17, 15) is 4.39 Å². The SMILES string of the molecule is C=CCNC(N)=NCCc1ccn(-c2ccc(F)cc2)n1. The van der Waals surface area contributed by atoms with E-state index >= 15 is 0 Å². The van der Waals surface area contributed by atoms with Crippen LogP contribution in [-0.4, -0.2) is 28.8 Å². The Kier molecular flexibility index (Phi) is 5.09. The minimum atomic E-state index is -0.261. The molecule has 110 valence electrons. The maximum Gasteiger partial charge on any atom is 0.188 e. The van der Waals surface area contributed by atoms with Crippen LogP contribution in [-0.2, 0) is 6.42 Å². The zero-order valence-electron chi connectivity index (χ0n) is 11.7. The predicted octanol–water partition coefficient (Wildman–Crippen LogP) is 1.64. The molecule has 0 aliphatic rings. The van der Waals surface area contributed by atoms with Crippen molar-refractivity contribution in [3.8, 4) is 5.69 Å². The highest BCUT2D eigenvalue weighted by Crippen LogP contribution is 2.09. The Hall–Kier alpha value is -2.63. The summed E-state index contributed by atoms with van der Waals surface area (Å²) in [6.45, 7) is 4.73. The van der Waals surface area contributed by atoms with Crippen molar-refractivity contribution in [2.75, 3.05) is 13.1 Å². The lowest BCUT2D eigenvalue weighted by Crippen LogP contribution is -2.31. The number of nitrogens with zero attached hydrogens (tertiary/aromatic N) is 3. The highest BCUT2D eigenvalue weighted by atomic mass is 19.1. The number of halogens is 1. The van der Waals surface area contributed by atoms with Gasteiger partial charge in [0.1, 0.15) is 5.82 Å². The van der Waals surface area contributed by atoms with Crippen molar-refractivity contribution in [3.63, 3.8) is 0 Å². The van der Waals surface area contributed by atoms with E-state index in [1.54, 1.807) is 22.9 Å². The van der Waals surface area contributed by atoms with Crippen LogP contribution in [0.4, 0.5) is 4.39 Å². The first-order chi connectivity index (χ1) is 10.2. The van der Waals surface area contributed by atoms with Crippen LogP contribution >= 0.6 is 0 Å². The second-order valence-electron chi connectivity index (χ2n) is 4.41. The monoisotopic (exact) mass is 287 g/mol. The third kappa shape index (κ3) is 4.45. The minimum Gasteiger partial charge on any atom is -0.370 e. The molecule has 6 heteroatoms. The molecule has 21 heavy (non-hydrogen) atoms. The quantitative estimate of drug-likeness (QED) is 0.482. The number of benzene rings is 1. The number of hydrogen-bond donors (Lipinski definition) is 2. The van der Waals surface area contributed by atoms with Crippen LogP contribution in [0.3, 0.4) is 0 Å². The molecule has 0 spiro atoms. The van der Waals surface area contributed by atoms with Crippen LogP contribution in [0.1, 0.15) is 5.69 Å². The summed E-state index contributed by atoms with van der Waals surface area (Å²) >= 11 is 0. The maximum atomic E-state index is 12.9. The van der Waals surface area contributed by atoms with E-state index in [0.717, 1.165) is 11.4 Å². The minimum absolute atomic E-state index is 0.261. The Morgan fingerprint density at radius 1 is 1.38 bits per heavy atom. The molecule has 1 aromatic heterocycles. The number of aromatic nitrogens is 2. The summed E-state index contributed by atoms with van der Waals surface area (Å²) in [4.78, 5) is 4.19. The molecule has 0 saturated carbocycles. The highest BCUT2D eigenvalue weighted by molar-refractivity contribution is 5.77. The fraction of sp³-hybridized carbons (Fsp3) is 0.200. The van der Waals surface area contributed by atoms with Crippen molar-refractivity contribution in [3.05, 3.63) is 60.7 Å². The summed E-state index contributed by atoms with van der Waals surface area (Å²) in [5, 5.41) is 7.32. The molecule has 0 aliphatic heterocycles. The van der Waals surface area contributed by atoms with Crippen LogP contribution in [0.15, 0.2) is 54.2 Å². The molecule has 2 rings (SSSR count). The molecular weight excluding hydrogens is 269 g/mol. The Bertz CT molecular complexity index is 615. The van der Waals surface area contributed by atoms with Gasteiger partial charge in [-0.05, 0) is 30.3 Å². The van der Waals surface area contributed by atoms with Gasteiger partial charge in [0.2, 0.25) is 0 Å². The number of rotatable bonds is 6. The van der Waals surface area contributed by atoms with E-state index in [1.807, 2.05) is 12.3 Å². The van der Waals surface area contributed by atoms with Gasteiger partial charge in [-0.15, -0.1) is 6.58 Å². The Morgan fingerprint density at radius 2 is 2.14 bits per heavy atom. The molecule has 0 fully saturated rings. The lowest BCUT2D eigenvalue weighted by molar-refractivity contribution is 0.627. The molecule has 0 saturated heterocycles. The van der Waals surface area contributed by atoms with E-state index in [4.69, 9.17) is 5.73 Å². The average Bonchev–Trinajstić information content (AvgIpc) is 2.95. The lowest BCUT2D eigenvalue weighted by Gasteiger charge is -2.02. The van der Waals surface area contributed by atoms with Crippen LogP contribution in [0.5, 0.6) is 0 Å². The van der Waals surface area contributed by atoms with Gasteiger partial charge < -0.3 is 11.1 Å². The molecule has 0 aliphatic carbocycles. The first kappa shape index (κ1) is 14.8. The molecule has 5 nitrogen and oxygen atoms in total. The topological polar surface area (TPSA) is 68.2 Å². The second kappa shape index (κ2) is 7.23. The number of guanidine groups is 1. The summed E-state index contributed by atoms with van der Waals surface area (Å²) < 4.78 is 14.6. The number of aliphatic imine (C=N–C) groups is 1. The van der Waals surface area contributed by atoms with Gasteiger partial charge >= 0.3 is 0 Å². The van der Waals surface area contributed by atoms with Gasteiger partial charge in [0.25, 0.3) is 0 Å². The first-order valence-electron chi connectivity index (χ1n) is 6.64. The summed E-state index contributed by atoms with van der Waals surface area (Å²) in [6.07, 6.45) is 4.24. The molecule has 0 amide bonds. The van der Waals surface area contributed by atoms with Gasteiger partial charge in [-0.2, -0.15) is 5.10 Å². The Morgan fingerprint density at radius 3 is 2.86 bits per heavy atom. The fourth-order valence-electron chi connectivity index (χ4n) is 1.76. The van der Waals surface area contributed by atoms with Crippen LogP contribution in [0.2, 0.25) is 0 Å². The van der Waals surface area contributed by atoms with Crippen molar-refractivity contribution in [1.29, 1.82) is 0 Å². The molecule has 2 aromatic rings. The zero-order valence-corrected chi connectivity index (χ0v) is 11.7. The van der Waals surface area contributed by atoms with E-state index in [2.05, 4.69) is 22.0 Å². The first-order valence-corrected chi connectivity index (χ1v) is 6.64. The molecule has 3 N–H and O–H groups in total. The van der Waals surface area contributed by atoms with Crippen LogP contribution in [0.25, 0.3) is 5.69 Å². The molecule has 0 radical (unpaired) electrons. The summed E-state index contributed by atoms with van der Waals surface area (Å²) in [7, 11) is 0. The van der Waals surface area contributed by atoms with Crippen molar-refractivity contribution in [2.24, 2.45) is 10.7 Å². The van der Waals surface area contributed by atoms with Crippen molar-refractivity contribution < 1.29 is 4.39 Å². The normalized spacial score (nSPS) is 11.4. The summed E-state index contributed by atoms with van der Waals surface area (Å²) in [6, 6.07) is 8.09. The van der Waals surface area contributed by atoms with Crippen LogP contribution < -0.4 is 11.1 Å². The van der Waals surface area contributed by atoms with E-state index in [0.29, 0.717) is 25.5 Å². The van der Waals surface area contributed by atoms with E-state index < -0.39 is 0 Å². The Balaban J connectivity index is 1.91. The van der Waals surface area contributed by atoms with E-state index in [-0.39, 0.29) is 5.82 Å². The Labute approximate surface area is 123 Å². The maximum absolute atomic E-state index is 12.9. The third-order valence-electron chi connectivity index (χ3n) is 2.81. The van der Waals surface area contributed by atoms with Gasteiger partial charge in [0.15, 0.2) is 5.96 Å². The molecule has 0 unspecified atom stereocenters. The van der Waals surface area contributed by atoms with E-state index in [1.165, 1.54) is 12.1 Å². The highest BCUT2D eigenvalue weighted by Gasteiger charge is 2.01. The number of nitrogens with one attached hydrogen (secondary N) is 1. The summed E-state index contributed by atoms with van der Waals surface area (Å²) in [5.41, 5.74) is 7.38. The molecular formula is C15H18FN5. The average molecular weight is 287 g/mol. The molecule has 1 aromatic carbocycles. The van der Waals surface area contributed by atoms with Crippen molar-refractivity contribution in [1.82, 2.24) is 15.1 Å². The van der Waals surface area contributed by atoms with Gasteiger partial charge in [0, 0.05) is 25.7 Å².